The van der Waals surface area contributed by atoms with Crippen LogP contribution in [-0.4, -0.2) is 54.6 Å². The summed E-state index contributed by atoms with van der Waals surface area (Å²) in [6.45, 7) is 3.32. The van der Waals surface area contributed by atoms with E-state index < -0.39 is 18.2 Å². The molecule has 1 aliphatic rings. The number of amides is 2. The molecular formula is C27H27F2N3O3. The number of ketones is 1. The fourth-order valence-electron chi connectivity index (χ4n) is 4.14. The number of hydrogen-bond donors (Lipinski definition) is 1. The molecular weight excluding hydrogens is 452 g/mol. The zero-order valence-corrected chi connectivity index (χ0v) is 19.5. The molecule has 35 heavy (non-hydrogen) atoms. The molecule has 6 nitrogen and oxygen atoms in total. The molecule has 0 unspecified atom stereocenters. The summed E-state index contributed by atoms with van der Waals surface area (Å²) in [5, 5.41) is 9.06. The van der Waals surface area contributed by atoms with Crippen molar-refractivity contribution in [2.75, 3.05) is 42.6 Å². The van der Waals surface area contributed by atoms with Gasteiger partial charge in [-0.3, -0.25) is 9.69 Å². The number of piperazine rings is 1. The molecule has 1 fully saturated rings. The van der Waals surface area contributed by atoms with Crippen molar-refractivity contribution in [2.45, 2.75) is 13.5 Å². The zero-order chi connectivity index (χ0) is 24.9. The second kappa shape index (κ2) is 10.7. The maximum Gasteiger partial charge on any atom is 0.325 e. The van der Waals surface area contributed by atoms with Gasteiger partial charge in [-0.15, -0.1) is 0 Å². The third-order valence-electron chi connectivity index (χ3n) is 6.13. The van der Waals surface area contributed by atoms with Crippen LogP contribution in [-0.2, 0) is 6.54 Å². The van der Waals surface area contributed by atoms with Crippen LogP contribution in [0.2, 0.25) is 0 Å². The number of anilines is 2. The molecule has 0 radical (unpaired) electrons. The van der Waals surface area contributed by atoms with E-state index in [1.165, 1.54) is 23.1 Å². The maximum atomic E-state index is 14.9. The van der Waals surface area contributed by atoms with E-state index in [-0.39, 0.29) is 24.1 Å². The van der Waals surface area contributed by atoms with E-state index in [4.69, 9.17) is 5.11 Å². The number of aliphatic hydroxyl groups excluding tert-OH is 1. The van der Waals surface area contributed by atoms with Gasteiger partial charge in [0.15, 0.2) is 5.78 Å². The van der Waals surface area contributed by atoms with Crippen LogP contribution >= 0.6 is 0 Å². The van der Waals surface area contributed by atoms with Crippen molar-refractivity contribution >= 4 is 23.2 Å². The Kier molecular flexibility index (Phi) is 7.41. The van der Waals surface area contributed by atoms with Crippen molar-refractivity contribution in [1.82, 2.24) is 4.90 Å². The smallest absolute Gasteiger partial charge is 0.325 e. The Balaban J connectivity index is 1.53. The molecule has 1 saturated heterocycles. The van der Waals surface area contributed by atoms with Gasteiger partial charge >= 0.3 is 6.03 Å². The quantitative estimate of drug-likeness (QED) is 0.533. The Bertz CT molecular complexity index is 1190. The van der Waals surface area contributed by atoms with Crippen LogP contribution in [0.4, 0.5) is 25.0 Å². The molecule has 3 aromatic rings. The van der Waals surface area contributed by atoms with Crippen molar-refractivity contribution in [3.8, 4) is 0 Å². The number of urea groups is 1. The molecule has 1 aliphatic heterocycles. The van der Waals surface area contributed by atoms with Gasteiger partial charge in [-0.2, -0.15) is 0 Å². The molecule has 182 valence electrons. The summed E-state index contributed by atoms with van der Waals surface area (Å²) in [6.07, 6.45) is 0. The summed E-state index contributed by atoms with van der Waals surface area (Å²) in [5.41, 5.74) is 2.90. The molecule has 0 aromatic heterocycles. The van der Waals surface area contributed by atoms with E-state index in [0.717, 1.165) is 16.8 Å². The second-order valence-electron chi connectivity index (χ2n) is 8.55. The van der Waals surface area contributed by atoms with Crippen LogP contribution < -0.4 is 9.80 Å². The topological polar surface area (TPSA) is 64.1 Å². The molecule has 0 aliphatic carbocycles. The summed E-state index contributed by atoms with van der Waals surface area (Å²) in [7, 11) is 0. The second-order valence-corrected chi connectivity index (χ2v) is 8.55. The molecule has 0 atom stereocenters. The minimum Gasteiger partial charge on any atom is -0.388 e. The lowest BCUT2D eigenvalue weighted by molar-refractivity contribution is 0.0903. The number of nitrogens with zero attached hydrogens (tertiary/aromatic N) is 3. The number of benzene rings is 3. The van der Waals surface area contributed by atoms with Crippen molar-refractivity contribution in [1.29, 1.82) is 0 Å². The number of carbonyl (C=O) groups excluding carboxylic acids is 2. The minimum atomic E-state index is -0.581. The highest BCUT2D eigenvalue weighted by Gasteiger charge is 2.28. The highest BCUT2D eigenvalue weighted by molar-refractivity contribution is 5.97. The van der Waals surface area contributed by atoms with Crippen molar-refractivity contribution < 1.29 is 23.5 Å². The van der Waals surface area contributed by atoms with E-state index in [1.54, 1.807) is 60.4 Å². The van der Waals surface area contributed by atoms with E-state index in [2.05, 4.69) is 4.90 Å². The van der Waals surface area contributed by atoms with E-state index in [1.807, 2.05) is 0 Å². The lowest BCUT2D eigenvalue weighted by Crippen LogP contribution is -2.53. The molecule has 1 N–H and O–H groups in total. The number of aliphatic hydroxyl groups is 1. The van der Waals surface area contributed by atoms with Gasteiger partial charge in [-0.25, -0.2) is 13.6 Å². The largest absolute Gasteiger partial charge is 0.388 e. The minimum absolute atomic E-state index is 0.116. The average molecular weight is 480 g/mol. The fraction of sp³-hybridized carbons (Fsp3) is 0.259. The van der Waals surface area contributed by atoms with Gasteiger partial charge in [0.25, 0.3) is 0 Å². The van der Waals surface area contributed by atoms with E-state index in [0.29, 0.717) is 31.7 Å². The monoisotopic (exact) mass is 479 g/mol. The van der Waals surface area contributed by atoms with Crippen LogP contribution in [0, 0.1) is 18.6 Å². The SMILES string of the molecule is Cc1ccc(N(Cc2ccc(C(=O)CO)cc2)C(=O)N2CCN(c3ccc(F)cc3)CC2)c(F)c1. The average Bonchev–Trinajstić information content (AvgIpc) is 2.88. The molecule has 3 aromatic carbocycles. The van der Waals surface area contributed by atoms with Crippen molar-refractivity contribution in [3.05, 3.63) is 95.1 Å². The number of Topliss-reactive ketones (excluding diaryl/α,β-unsaturated/α-hetero) is 1. The van der Waals surface area contributed by atoms with Crippen LogP contribution in [0.25, 0.3) is 0 Å². The van der Waals surface area contributed by atoms with E-state index >= 15 is 0 Å². The Labute approximate surface area is 203 Å². The third kappa shape index (κ3) is 5.66. The maximum absolute atomic E-state index is 14.9. The summed E-state index contributed by atoms with van der Waals surface area (Å²) in [6, 6.07) is 17.2. The summed E-state index contributed by atoms with van der Waals surface area (Å²) in [5.74, 6) is -1.18. The number of carbonyl (C=O) groups is 2. The van der Waals surface area contributed by atoms with Crippen LogP contribution in [0.15, 0.2) is 66.7 Å². The standard InChI is InChI=1S/C27H27F2N3O3/c1-19-2-11-25(24(29)16-19)32(17-20-3-5-21(6-4-20)26(34)18-33)27(35)31-14-12-30(13-15-31)23-9-7-22(28)8-10-23/h2-11,16,33H,12-15,17-18H2,1H3. The van der Waals surface area contributed by atoms with Gasteiger partial charge in [0.1, 0.15) is 18.2 Å². The van der Waals surface area contributed by atoms with Crippen LogP contribution in [0.1, 0.15) is 21.5 Å². The predicted molar refractivity (Wildman–Crippen MR) is 131 cm³/mol. The highest BCUT2D eigenvalue weighted by atomic mass is 19.1. The molecule has 0 spiro atoms. The van der Waals surface area contributed by atoms with Crippen molar-refractivity contribution in [3.63, 3.8) is 0 Å². The molecule has 1 heterocycles. The van der Waals surface area contributed by atoms with E-state index in [9.17, 15) is 18.4 Å². The number of aryl methyl sites for hydroxylation is 1. The predicted octanol–water partition coefficient (Wildman–Crippen LogP) is 4.40. The molecule has 4 rings (SSSR count). The highest BCUT2D eigenvalue weighted by Crippen LogP contribution is 2.25. The van der Waals surface area contributed by atoms with Crippen molar-refractivity contribution in [2.24, 2.45) is 0 Å². The molecule has 2 amide bonds. The van der Waals surface area contributed by atoms with Gasteiger partial charge < -0.3 is 14.9 Å². The number of hydrogen-bond acceptors (Lipinski definition) is 4. The number of rotatable bonds is 6. The third-order valence-corrected chi connectivity index (χ3v) is 6.13. The molecule has 8 heteroatoms. The Morgan fingerprint density at radius 3 is 2.17 bits per heavy atom. The van der Waals surface area contributed by atoms with Crippen LogP contribution in [0.5, 0.6) is 0 Å². The lowest BCUT2D eigenvalue weighted by Gasteiger charge is -2.38. The molecule has 0 bridgehead atoms. The first-order valence-electron chi connectivity index (χ1n) is 11.4. The Morgan fingerprint density at radius 2 is 1.57 bits per heavy atom. The summed E-state index contributed by atoms with van der Waals surface area (Å²) < 4.78 is 28.2. The number of halogens is 2. The first kappa shape index (κ1) is 24.3. The van der Waals surface area contributed by atoms with Crippen LogP contribution in [0.3, 0.4) is 0 Å². The van der Waals surface area contributed by atoms with Gasteiger partial charge in [0, 0.05) is 37.4 Å². The molecule has 0 saturated carbocycles. The summed E-state index contributed by atoms with van der Waals surface area (Å²) in [4.78, 5) is 30.5. The first-order valence-corrected chi connectivity index (χ1v) is 11.4. The fourth-order valence-corrected chi connectivity index (χ4v) is 4.14. The lowest BCUT2D eigenvalue weighted by atomic mass is 10.1. The summed E-state index contributed by atoms with van der Waals surface area (Å²) >= 11 is 0. The van der Waals surface area contributed by atoms with Gasteiger partial charge in [-0.05, 0) is 54.4 Å². The zero-order valence-electron chi connectivity index (χ0n) is 19.5. The Morgan fingerprint density at radius 1 is 0.914 bits per heavy atom. The van der Waals surface area contributed by atoms with Gasteiger partial charge in [0.2, 0.25) is 0 Å². The normalized spacial score (nSPS) is 13.6. The Hall–Kier alpha value is -3.78. The van der Waals surface area contributed by atoms with Gasteiger partial charge in [-0.1, -0.05) is 30.3 Å². The first-order chi connectivity index (χ1) is 16.9. The van der Waals surface area contributed by atoms with Gasteiger partial charge in [0.05, 0.1) is 12.2 Å².